The van der Waals surface area contributed by atoms with Gasteiger partial charge in [0.1, 0.15) is 10.6 Å². The first-order valence-corrected chi connectivity index (χ1v) is 14.1. The third kappa shape index (κ3) is 4.87. The third-order valence-electron chi connectivity index (χ3n) is 7.28. The molecule has 0 radical (unpaired) electrons. The molecule has 0 aromatic heterocycles. The highest BCUT2D eigenvalue weighted by molar-refractivity contribution is 7.87. The summed E-state index contributed by atoms with van der Waals surface area (Å²) < 4.78 is 30.3. The van der Waals surface area contributed by atoms with Crippen molar-refractivity contribution in [3.8, 4) is 5.75 Å². The number of para-hydroxylation sites is 1. The Hall–Kier alpha value is -4.16. The number of aryl methyl sites for hydroxylation is 1. The molecule has 0 bridgehead atoms. The van der Waals surface area contributed by atoms with Gasteiger partial charge in [-0.05, 0) is 90.6 Å². The first kappa shape index (κ1) is 24.2. The molecule has 1 aliphatic carbocycles. The van der Waals surface area contributed by atoms with Gasteiger partial charge in [0.2, 0.25) is 0 Å². The van der Waals surface area contributed by atoms with E-state index in [1.165, 1.54) is 16.8 Å². The first-order chi connectivity index (χ1) is 18.5. The van der Waals surface area contributed by atoms with Gasteiger partial charge >= 0.3 is 10.1 Å². The minimum atomic E-state index is -3.88. The Kier molecular flexibility index (Phi) is 6.34. The van der Waals surface area contributed by atoms with Crippen LogP contribution >= 0.6 is 0 Å². The molecule has 190 valence electrons. The number of fused-ring (bicyclic) bond motifs is 3. The van der Waals surface area contributed by atoms with Crippen molar-refractivity contribution in [2.45, 2.75) is 30.2 Å². The molecule has 0 unspecified atom stereocenters. The fourth-order valence-electron chi connectivity index (χ4n) is 5.28. The second-order valence-electron chi connectivity index (χ2n) is 9.83. The van der Waals surface area contributed by atoms with Gasteiger partial charge in [0.05, 0.1) is 11.7 Å². The zero-order valence-electron chi connectivity index (χ0n) is 21.0. The highest BCUT2D eigenvalue weighted by atomic mass is 32.2. The molecule has 6 rings (SSSR count). The van der Waals surface area contributed by atoms with E-state index < -0.39 is 10.1 Å². The molecule has 0 saturated carbocycles. The summed E-state index contributed by atoms with van der Waals surface area (Å²) in [7, 11) is -3.88. The van der Waals surface area contributed by atoms with Crippen LogP contribution in [0.1, 0.15) is 40.6 Å². The highest BCUT2D eigenvalue weighted by Crippen LogP contribution is 2.49. The van der Waals surface area contributed by atoms with Gasteiger partial charge in [-0.2, -0.15) is 8.42 Å². The van der Waals surface area contributed by atoms with Gasteiger partial charge in [0, 0.05) is 17.8 Å². The molecule has 5 nitrogen and oxygen atoms in total. The molecule has 4 aromatic rings. The summed E-state index contributed by atoms with van der Waals surface area (Å²) >= 11 is 0. The quantitative estimate of drug-likeness (QED) is 0.164. The third-order valence-corrected chi connectivity index (χ3v) is 8.54. The van der Waals surface area contributed by atoms with E-state index in [1.807, 2.05) is 19.1 Å². The zero-order chi connectivity index (χ0) is 26.1. The van der Waals surface area contributed by atoms with Gasteiger partial charge in [-0.15, -0.1) is 0 Å². The summed E-state index contributed by atoms with van der Waals surface area (Å²) in [5.41, 5.74) is 6.54. The molecule has 0 saturated heterocycles. The molecule has 1 heterocycles. The zero-order valence-corrected chi connectivity index (χ0v) is 21.8. The number of rotatable bonds is 6. The van der Waals surface area contributed by atoms with E-state index in [2.05, 4.69) is 58.9 Å². The molecule has 38 heavy (non-hydrogen) atoms. The standard InChI is InChI=1S/C32H28N2O3S/c1-22-9-19-27(20-10-22)38(35,36)37-26-17-11-23(12-18-26)21-33-25-15-13-24(14-16-25)32-30-7-4-6-28(30)29-5-2-3-8-31(29)34-32/h2-6,8-21,28,30,32,34H,7H2,1H3/t28-,30+,32+/m1/s1. The summed E-state index contributed by atoms with van der Waals surface area (Å²) in [4.78, 5) is 4.74. The number of hydrogen-bond donors (Lipinski definition) is 1. The molecule has 2 aliphatic rings. The van der Waals surface area contributed by atoms with Gasteiger partial charge in [-0.25, -0.2) is 0 Å². The largest absolute Gasteiger partial charge is 0.379 e. The van der Waals surface area contributed by atoms with Crippen molar-refractivity contribution in [3.05, 3.63) is 131 Å². The Morgan fingerprint density at radius 3 is 2.39 bits per heavy atom. The molecule has 4 aromatic carbocycles. The van der Waals surface area contributed by atoms with Gasteiger partial charge in [-0.3, -0.25) is 4.99 Å². The van der Waals surface area contributed by atoms with Crippen molar-refractivity contribution >= 4 is 27.7 Å². The van der Waals surface area contributed by atoms with E-state index in [1.54, 1.807) is 54.7 Å². The Bertz CT molecular complexity index is 1610. The highest BCUT2D eigenvalue weighted by Gasteiger charge is 2.37. The number of hydrogen-bond acceptors (Lipinski definition) is 5. The van der Waals surface area contributed by atoms with Crippen LogP contribution < -0.4 is 9.50 Å². The van der Waals surface area contributed by atoms with Gasteiger partial charge in [0.25, 0.3) is 0 Å². The number of aliphatic imine (C=N–C) groups is 1. The molecule has 6 heteroatoms. The SMILES string of the molecule is Cc1ccc(S(=O)(=O)Oc2ccc(C=Nc3ccc([C@@H]4Nc5ccccc5[C@H]5C=CC[C@@H]54)cc3)cc2)cc1. The molecule has 0 spiro atoms. The van der Waals surface area contributed by atoms with E-state index in [4.69, 9.17) is 4.18 Å². The van der Waals surface area contributed by atoms with Crippen LogP contribution in [0.15, 0.2) is 119 Å². The lowest BCUT2D eigenvalue weighted by Crippen LogP contribution is -2.28. The van der Waals surface area contributed by atoms with Crippen LogP contribution in [0.4, 0.5) is 11.4 Å². The average molecular weight is 521 g/mol. The summed E-state index contributed by atoms with van der Waals surface area (Å²) in [6, 6.07) is 30.7. The predicted octanol–water partition coefficient (Wildman–Crippen LogP) is 7.34. The van der Waals surface area contributed by atoms with Crippen LogP contribution in [0.25, 0.3) is 0 Å². The summed E-state index contributed by atoms with van der Waals surface area (Å²) in [6.45, 7) is 1.90. The van der Waals surface area contributed by atoms with Crippen molar-refractivity contribution in [3.63, 3.8) is 0 Å². The Morgan fingerprint density at radius 1 is 0.895 bits per heavy atom. The maximum absolute atomic E-state index is 12.5. The minimum absolute atomic E-state index is 0.129. The fraction of sp³-hybridized carbons (Fsp3) is 0.156. The monoisotopic (exact) mass is 520 g/mol. The van der Waals surface area contributed by atoms with E-state index in [-0.39, 0.29) is 16.7 Å². The first-order valence-electron chi connectivity index (χ1n) is 12.7. The van der Waals surface area contributed by atoms with E-state index in [0.29, 0.717) is 11.8 Å². The number of anilines is 1. The summed E-state index contributed by atoms with van der Waals surface area (Å²) in [6.07, 6.45) is 7.49. The van der Waals surface area contributed by atoms with Crippen molar-refractivity contribution in [2.24, 2.45) is 10.9 Å². The lowest BCUT2D eigenvalue weighted by atomic mass is 9.77. The lowest BCUT2D eigenvalue weighted by Gasteiger charge is -2.37. The van der Waals surface area contributed by atoms with E-state index >= 15 is 0 Å². The average Bonchev–Trinajstić information content (AvgIpc) is 3.43. The van der Waals surface area contributed by atoms with Crippen LogP contribution in [0.2, 0.25) is 0 Å². The fourth-order valence-corrected chi connectivity index (χ4v) is 6.21. The minimum Gasteiger partial charge on any atom is -0.379 e. The molecule has 0 fully saturated rings. The second-order valence-corrected chi connectivity index (χ2v) is 11.4. The van der Waals surface area contributed by atoms with Crippen molar-refractivity contribution < 1.29 is 12.6 Å². The maximum Gasteiger partial charge on any atom is 0.339 e. The molecular weight excluding hydrogens is 492 g/mol. The van der Waals surface area contributed by atoms with Gasteiger partial charge in [-0.1, -0.05) is 60.2 Å². The number of nitrogens with one attached hydrogen (secondary N) is 1. The number of benzene rings is 4. The Labute approximate surface area is 223 Å². The van der Waals surface area contributed by atoms with E-state index in [0.717, 1.165) is 23.2 Å². The van der Waals surface area contributed by atoms with Crippen LogP contribution in [0.3, 0.4) is 0 Å². The summed E-state index contributed by atoms with van der Waals surface area (Å²) in [5, 5.41) is 3.76. The Balaban J connectivity index is 1.12. The molecular formula is C32H28N2O3S. The van der Waals surface area contributed by atoms with Gasteiger partial charge < -0.3 is 9.50 Å². The molecule has 1 aliphatic heterocycles. The molecule has 0 amide bonds. The number of allylic oxidation sites excluding steroid dienone is 2. The second kappa shape index (κ2) is 9.95. The number of nitrogens with zero attached hydrogens (tertiary/aromatic N) is 1. The Morgan fingerprint density at radius 2 is 1.63 bits per heavy atom. The lowest BCUT2D eigenvalue weighted by molar-refractivity contribution is 0.425. The summed E-state index contributed by atoms with van der Waals surface area (Å²) in [5.74, 6) is 1.22. The smallest absolute Gasteiger partial charge is 0.339 e. The van der Waals surface area contributed by atoms with E-state index in [9.17, 15) is 8.42 Å². The van der Waals surface area contributed by atoms with Crippen LogP contribution in [0, 0.1) is 12.8 Å². The maximum atomic E-state index is 12.5. The molecule has 1 N–H and O–H groups in total. The topological polar surface area (TPSA) is 67.8 Å². The van der Waals surface area contributed by atoms with Crippen molar-refractivity contribution in [1.29, 1.82) is 0 Å². The molecule has 3 atom stereocenters. The predicted molar refractivity (Wildman–Crippen MR) is 152 cm³/mol. The van der Waals surface area contributed by atoms with Crippen LogP contribution in [-0.2, 0) is 10.1 Å². The van der Waals surface area contributed by atoms with Crippen molar-refractivity contribution in [2.75, 3.05) is 5.32 Å². The van der Waals surface area contributed by atoms with Crippen molar-refractivity contribution in [1.82, 2.24) is 0 Å². The van der Waals surface area contributed by atoms with Crippen LogP contribution in [-0.4, -0.2) is 14.6 Å². The normalized spacial score (nSPS) is 20.1. The van der Waals surface area contributed by atoms with Gasteiger partial charge in [0.15, 0.2) is 0 Å². The van der Waals surface area contributed by atoms with Crippen LogP contribution in [0.5, 0.6) is 5.75 Å².